The lowest BCUT2D eigenvalue weighted by molar-refractivity contribution is -0.237. The fourth-order valence-corrected chi connectivity index (χ4v) is 3.00. The van der Waals surface area contributed by atoms with Crippen LogP contribution >= 0.6 is 0 Å². The summed E-state index contributed by atoms with van der Waals surface area (Å²) in [5, 5.41) is 11.4. The molecule has 5 heteroatoms. The molecular weight excluding hydrogens is 342 g/mol. The molecular formula is C22H25NO4. The van der Waals surface area contributed by atoms with E-state index in [1.54, 1.807) is 24.1 Å². The van der Waals surface area contributed by atoms with Crippen molar-refractivity contribution in [2.45, 2.75) is 38.1 Å². The SMILES string of the molecule is C[C@@H](O)/C=C/C1(ON(Cc2ccccc2)Cc2ccccc2)CCOC1=O. The standard InChI is InChI=1S/C22H25NO4/c1-18(24)12-13-22(14-15-26-21(22)25)27-23(16-19-8-4-2-5-9-19)17-20-10-6-3-7-11-20/h2-13,18,24H,14-17H2,1H3/b13-12+/t18-,22?/m1/s1. The number of aliphatic hydroxyl groups excluding tert-OH is 1. The quantitative estimate of drug-likeness (QED) is 0.441. The molecule has 1 N–H and O–H groups in total. The van der Waals surface area contributed by atoms with Crippen molar-refractivity contribution in [2.24, 2.45) is 0 Å². The summed E-state index contributed by atoms with van der Waals surface area (Å²) >= 11 is 0. The monoisotopic (exact) mass is 367 g/mol. The molecule has 1 saturated heterocycles. The molecule has 0 aromatic heterocycles. The van der Waals surface area contributed by atoms with Crippen LogP contribution in [0.2, 0.25) is 0 Å². The van der Waals surface area contributed by atoms with Gasteiger partial charge in [-0.15, -0.1) is 0 Å². The summed E-state index contributed by atoms with van der Waals surface area (Å²) in [6.45, 7) is 2.98. The molecule has 1 heterocycles. The summed E-state index contributed by atoms with van der Waals surface area (Å²) in [6, 6.07) is 19.9. The minimum absolute atomic E-state index is 0.299. The molecule has 0 spiro atoms. The number of carbonyl (C=O) groups excluding carboxylic acids is 1. The van der Waals surface area contributed by atoms with Gasteiger partial charge in [-0.25, -0.2) is 4.79 Å². The van der Waals surface area contributed by atoms with Gasteiger partial charge in [0.05, 0.1) is 12.7 Å². The first-order valence-electron chi connectivity index (χ1n) is 9.14. The van der Waals surface area contributed by atoms with Crippen LogP contribution in [0.5, 0.6) is 0 Å². The molecule has 1 aliphatic heterocycles. The third-order valence-electron chi connectivity index (χ3n) is 4.39. The molecule has 0 saturated carbocycles. The lowest BCUT2D eigenvalue weighted by Gasteiger charge is -2.30. The van der Waals surface area contributed by atoms with Gasteiger partial charge in [-0.05, 0) is 24.1 Å². The summed E-state index contributed by atoms with van der Waals surface area (Å²) in [4.78, 5) is 18.7. The first-order chi connectivity index (χ1) is 13.1. The van der Waals surface area contributed by atoms with Gasteiger partial charge in [-0.1, -0.05) is 66.7 Å². The van der Waals surface area contributed by atoms with Gasteiger partial charge >= 0.3 is 5.97 Å². The van der Waals surface area contributed by atoms with E-state index in [2.05, 4.69) is 0 Å². The zero-order chi connectivity index (χ0) is 19.1. The van der Waals surface area contributed by atoms with E-state index in [0.29, 0.717) is 26.1 Å². The second-order valence-corrected chi connectivity index (χ2v) is 6.74. The predicted molar refractivity (Wildman–Crippen MR) is 102 cm³/mol. The Labute approximate surface area is 159 Å². The van der Waals surface area contributed by atoms with E-state index < -0.39 is 17.7 Å². The lowest BCUT2D eigenvalue weighted by atomic mass is 10.0. The molecule has 1 fully saturated rings. The van der Waals surface area contributed by atoms with E-state index in [0.717, 1.165) is 11.1 Å². The molecule has 5 nitrogen and oxygen atoms in total. The van der Waals surface area contributed by atoms with Crippen LogP contribution in [-0.4, -0.2) is 34.5 Å². The fraction of sp³-hybridized carbons (Fsp3) is 0.318. The van der Waals surface area contributed by atoms with Gasteiger partial charge in [0.2, 0.25) is 5.60 Å². The van der Waals surface area contributed by atoms with Crippen LogP contribution in [0.3, 0.4) is 0 Å². The van der Waals surface area contributed by atoms with Gasteiger partial charge in [0.1, 0.15) is 0 Å². The van der Waals surface area contributed by atoms with E-state index >= 15 is 0 Å². The fourth-order valence-electron chi connectivity index (χ4n) is 3.00. The summed E-state index contributed by atoms with van der Waals surface area (Å²) in [5.41, 5.74) is 0.949. The van der Waals surface area contributed by atoms with E-state index in [1.165, 1.54) is 0 Å². The minimum Gasteiger partial charge on any atom is -0.463 e. The zero-order valence-corrected chi connectivity index (χ0v) is 15.5. The topological polar surface area (TPSA) is 59.0 Å². The second kappa shape index (κ2) is 8.95. The largest absolute Gasteiger partial charge is 0.463 e. The predicted octanol–water partition coefficient (Wildman–Crippen LogP) is 3.24. The first kappa shape index (κ1) is 19.3. The van der Waals surface area contributed by atoms with Gasteiger partial charge in [0.25, 0.3) is 0 Å². The molecule has 0 radical (unpaired) electrons. The third-order valence-corrected chi connectivity index (χ3v) is 4.39. The molecule has 2 aromatic rings. The highest BCUT2D eigenvalue weighted by molar-refractivity contribution is 5.83. The Balaban J connectivity index is 1.85. The van der Waals surface area contributed by atoms with Crippen molar-refractivity contribution in [2.75, 3.05) is 6.61 Å². The number of hydrogen-bond acceptors (Lipinski definition) is 5. The Kier molecular flexibility index (Phi) is 6.40. The average Bonchev–Trinajstić information content (AvgIpc) is 3.02. The maximum absolute atomic E-state index is 12.4. The molecule has 142 valence electrons. The normalized spacial score (nSPS) is 20.9. The molecule has 2 atom stereocenters. The van der Waals surface area contributed by atoms with Crippen LogP contribution in [0.4, 0.5) is 0 Å². The Hall–Kier alpha value is -2.47. The molecule has 2 aromatic carbocycles. The highest BCUT2D eigenvalue weighted by Gasteiger charge is 2.46. The highest BCUT2D eigenvalue weighted by Crippen LogP contribution is 2.29. The second-order valence-electron chi connectivity index (χ2n) is 6.74. The Morgan fingerprint density at radius 3 is 2.11 bits per heavy atom. The van der Waals surface area contributed by atoms with Crippen LogP contribution in [0.25, 0.3) is 0 Å². The average molecular weight is 367 g/mol. The zero-order valence-electron chi connectivity index (χ0n) is 15.5. The van der Waals surface area contributed by atoms with Crippen molar-refractivity contribution in [3.05, 3.63) is 83.9 Å². The van der Waals surface area contributed by atoms with Gasteiger partial charge in [0, 0.05) is 19.5 Å². The summed E-state index contributed by atoms with van der Waals surface area (Å²) in [5.74, 6) is -0.425. The molecule has 0 aliphatic carbocycles. The number of esters is 1. The summed E-state index contributed by atoms with van der Waals surface area (Å²) in [7, 11) is 0. The van der Waals surface area contributed by atoms with Crippen LogP contribution in [0, 0.1) is 0 Å². The molecule has 3 rings (SSSR count). The maximum atomic E-state index is 12.4. The third kappa shape index (κ3) is 5.26. The van der Waals surface area contributed by atoms with E-state index in [4.69, 9.17) is 9.57 Å². The number of carbonyl (C=O) groups is 1. The van der Waals surface area contributed by atoms with Crippen molar-refractivity contribution in [1.29, 1.82) is 0 Å². The molecule has 1 aliphatic rings. The van der Waals surface area contributed by atoms with E-state index in [1.807, 2.05) is 60.7 Å². The lowest BCUT2D eigenvalue weighted by Crippen LogP contribution is -2.42. The number of cyclic esters (lactones) is 1. The highest BCUT2D eigenvalue weighted by atomic mass is 16.7. The Morgan fingerprint density at radius 2 is 1.67 bits per heavy atom. The van der Waals surface area contributed by atoms with Crippen molar-refractivity contribution >= 4 is 5.97 Å². The Bertz CT molecular complexity index is 719. The van der Waals surface area contributed by atoms with Crippen molar-refractivity contribution < 1.29 is 19.5 Å². The first-order valence-corrected chi connectivity index (χ1v) is 9.14. The van der Waals surface area contributed by atoms with Crippen LogP contribution in [0.1, 0.15) is 24.5 Å². The number of ether oxygens (including phenoxy) is 1. The van der Waals surface area contributed by atoms with Crippen molar-refractivity contribution in [1.82, 2.24) is 5.06 Å². The Morgan fingerprint density at radius 1 is 1.11 bits per heavy atom. The molecule has 0 bridgehead atoms. The number of nitrogens with zero attached hydrogens (tertiary/aromatic N) is 1. The number of rotatable bonds is 8. The number of aliphatic hydroxyl groups is 1. The van der Waals surface area contributed by atoms with Gasteiger partial charge in [-0.2, -0.15) is 5.06 Å². The summed E-state index contributed by atoms with van der Waals surface area (Å²) in [6.07, 6.45) is 2.93. The number of hydrogen-bond donors (Lipinski definition) is 1. The van der Waals surface area contributed by atoms with Crippen LogP contribution < -0.4 is 0 Å². The molecule has 27 heavy (non-hydrogen) atoms. The van der Waals surface area contributed by atoms with Gasteiger partial charge in [0.15, 0.2) is 0 Å². The molecule has 0 amide bonds. The summed E-state index contributed by atoms with van der Waals surface area (Å²) < 4.78 is 5.18. The van der Waals surface area contributed by atoms with Crippen LogP contribution in [-0.2, 0) is 27.5 Å². The van der Waals surface area contributed by atoms with E-state index in [-0.39, 0.29) is 0 Å². The molecule has 1 unspecified atom stereocenters. The van der Waals surface area contributed by atoms with Crippen molar-refractivity contribution in [3.8, 4) is 0 Å². The smallest absolute Gasteiger partial charge is 0.344 e. The number of benzene rings is 2. The minimum atomic E-state index is -1.21. The number of hydroxylamine groups is 2. The van der Waals surface area contributed by atoms with Crippen molar-refractivity contribution in [3.63, 3.8) is 0 Å². The van der Waals surface area contributed by atoms with Gasteiger partial charge < -0.3 is 9.84 Å². The van der Waals surface area contributed by atoms with E-state index in [9.17, 15) is 9.90 Å². The maximum Gasteiger partial charge on any atom is 0.344 e. The van der Waals surface area contributed by atoms with Gasteiger partial charge in [-0.3, -0.25) is 4.84 Å². The van der Waals surface area contributed by atoms with Crippen LogP contribution in [0.15, 0.2) is 72.8 Å².